The average molecular weight is 289 g/mol. The Balaban J connectivity index is 3.39. The Morgan fingerprint density at radius 1 is 1.50 bits per heavy atom. The minimum absolute atomic E-state index is 0.453. The number of carbonyl (C=O) groups excluding carboxylic acids is 1. The molecule has 0 aliphatic carbocycles. The Hall–Kier alpha value is -1.26. The first-order chi connectivity index (χ1) is 8.41. The summed E-state index contributed by atoms with van der Waals surface area (Å²) >= 11 is 12.3. The third-order valence-corrected chi connectivity index (χ3v) is 2.70. The Bertz CT molecular complexity index is 468. The van der Waals surface area contributed by atoms with Crippen LogP contribution in [0.5, 0.6) is 5.75 Å². The average Bonchev–Trinajstić information content (AvgIpc) is 2.28. The molecule has 0 aliphatic heterocycles. The van der Waals surface area contributed by atoms with E-state index in [0.717, 1.165) is 0 Å². The first kappa shape index (κ1) is 14.8. The van der Waals surface area contributed by atoms with Gasteiger partial charge in [0.15, 0.2) is 0 Å². The molecule has 0 aromatic heterocycles. The number of hydrazone groups is 1. The smallest absolute Gasteiger partial charge is 0.227 e. The molecule has 0 heterocycles. The Morgan fingerprint density at radius 2 is 2.17 bits per heavy atom. The second-order valence-electron chi connectivity index (χ2n) is 4.00. The Labute approximate surface area is 116 Å². The van der Waals surface area contributed by atoms with Crippen LogP contribution in [0.4, 0.5) is 0 Å². The molecular formula is C12H14Cl2N2O2. The van der Waals surface area contributed by atoms with Crippen LogP contribution >= 0.6 is 23.2 Å². The maximum Gasteiger partial charge on any atom is 0.227 e. The number of halogens is 2. The predicted molar refractivity (Wildman–Crippen MR) is 73.7 cm³/mol. The van der Waals surface area contributed by atoms with Gasteiger partial charge in [0, 0.05) is 5.56 Å². The molecule has 1 aromatic rings. The summed E-state index contributed by atoms with van der Waals surface area (Å²) < 4.78 is 5.24. The van der Waals surface area contributed by atoms with Gasteiger partial charge in [0.2, 0.25) is 6.41 Å². The lowest BCUT2D eigenvalue weighted by molar-refractivity contribution is -0.109. The SMILES string of the molecule is COc1c(Cl)cccc1C(=NNC=O)C(C)(C)Cl. The highest BCUT2D eigenvalue weighted by Gasteiger charge is 2.27. The zero-order valence-corrected chi connectivity index (χ0v) is 11.8. The van der Waals surface area contributed by atoms with Gasteiger partial charge >= 0.3 is 0 Å². The quantitative estimate of drug-likeness (QED) is 0.392. The van der Waals surface area contributed by atoms with E-state index in [4.69, 9.17) is 27.9 Å². The third kappa shape index (κ3) is 3.37. The Morgan fingerprint density at radius 3 is 2.67 bits per heavy atom. The highest BCUT2D eigenvalue weighted by molar-refractivity contribution is 6.40. The van der Waals surface area contributed by atoms with Crippen LogP contribution in [0.1, 0.15) is 19.4 Å². The largest absolute Gasteiger partial charge is 0.494 e. The molecular weight excluding hydrogens is 275 g/mol. The van der Waals surface area contributed by atoms with Gasteiger partial charge in [0.05, 0.1) is 22.7 Å². The number of nitrogens with zero attached hydrogens (tertiary/aromatic N) is 1. The standard InChI is InChI=1S/C12H14Cl2N2O2/c1-12(2,14)11(16-15-7-17)8-5-4-6-9(13)10(8)18-3/h4-7H,1-3H3,(H,15,17). The molecule has 98 valence electrons. The van der Waals surface area contributed by atoms with Gasteiger partial charge in [-0.15, -0.1) is 11.6 Å². The summed E-state index contributed by atoms with van der Waals surface area (Å²) in [5, 5.41) is 4.41. The van der Waals surface area contributed by atoms with Crippen LogP contribution in [0, 0.1) is 0 Å². The zero-order chi connectivity index (χ0) is 13.8. The molecule has 0 fully saturated rings. The number of alkyl halides is 1. The molecule has 1 rings (SSSR count). The molecule has 1 aromatic carbocycles. The highest BCUT2D eigenvalue weighted by atomic mass is 35.5. The first-order valence-electron chi connectivity index (χ1n) is 5.21. The lowest BCUT2D eigenvalue weighted by Gasteiger charge is -2.21. The van der Waals surface area contributed by atoms with Gasteiger partial charge in [-0.1, -0.05) is 17.7 Å². The van der Waals surface area contributed by atoms with Crippen LogP contribution in [0.25, 0.3) is 0 Å². The monoisotopic (exact) mass is 288 g/mol. The molecule has 0 aliphatic rings. The molecule has 0 saturated carbocycles. The van der Waals surface area contributed by atoms with Crippen molar-refractivity contribution >= 4 is 35.3 Å². The number of benzene rings is 1. The van der Waals surface area contributed by atoms with Crippen LogP contribution in [-0.4, -0.2) is 24.1 Å². The summed E-state index contributed by atoms with van der Waals surface area (Å²) in [6, 6.07) is 5.25. The van der Waals surface area contributed by atoms with Crippen LogP contribution in [-0.2, 0) is 4.79 Å². The molecule has 0 unspecified atom stereocenters. The van der Waals surface area contributed by atoms with E-state index >= 15 is 0 Å². The minimum atomic E-state index is -0.784. The molecule has 0 saturated heterocycles. The fraction of sp³-hybridized carbons (Fsp3) is 0.333. The second-order valence-corrected chi connectivity index (χ2v) is 5.35. The molecule has 0 spiro atoms. The van der Waals surface area contributed by atoms with Gasteiger partial charge in [-0.05, 0) is 26.0 Å². The lowest BCUT2D eigenvalue weighted by Crippen LogP contribution is -2.28. The van der Waals surface area contributed by atoms with Gasteiger partial charge in [0.25, 0.3) is 0 Å². The molecule has 1 amide bonds. The van der Waals surface area contributed by atoms with E-state index in [1.54, 1.807) is 32.0 Å². The number of amides is 1. The number of ether oxygens (including phenoxy) is 1. The molecule has 1 N–H and O–H groups in total. The summed E-state index contributed by atoms with van der Waals surface area (Å²) in [5.74, 6) is 0.472. The summed E-state index contributed by atoms with van der Waals surface area (Å²) in [4.78, 5) is 9.59. The number of carbonyl (C=O) groups is 1. The van der Waals surface area contributed by atoms with Crippen molar-refractivity contribution in [3.05, 3.63) is 28.8 Å². The van der Waals surface area contributed by atoms with Crippen molar-refractivity contribution in [3.8, 4) is 5.75 Å². The summed E-state index contributed by atoms with van der Waals surface area (Å²) in [7, 11) is 1.51. The van der Waals surface area contributed by atoms with E-state index in [-0.39, 0.29) is 0 Å². The van der Waals surface area contributed by atoms with Crippen molar-refractivity contribution in [3.63, 3.8) is 0 Å². The van der Waals surface area contributed by atoms with Crippen molar-refractivity contribution < 1.29 is 9.53 Å². The van der Waals surface area contributed by atoms with E-state index in [1.165, 1.54) is 7.11 Å². The van der Waals surface area contributed by atoms with E-state index in [0.29, 0.717) is 28.5 Å². The number of hydrogen-bond donors (Lipinski definition) is 1. The number of nitrogens with one attached hydrogen (secondary N) is 1. The summed E-state index contributed by atoms with van der Waals surface area (Å²) in [6.45, 7) is 3.53. The van der Waals surface area contributed by atoms with Crippen molar-refractivity contribution in [2.75, 3.05) is 7.11 Å². The molecule has 6 heteroatoms. The van der Waals surface area contributed by atoms with Crippen LogP contribution in [0.15, 0.2) is 23.3 Å². The summed E-state index contributed by atoms with van der Waals surface area (Å²) in [5.41, 5.74) is 3.35. The molecule has 18 heavy (non-hydrogen) atoms. The van der Waals surface area contributed by atoms with Crippen molar-refractivity contribution in [2.24, 2.45) is 5.10 Å². The van der Waals surface area contributed by atoms with E-state index in [9.17, 15) is 4.79 Å². The maximum absolute atomic E-state index is 10.4. The fourth-order valence-electron chi connectivity index (χ4n) is 1.51. The predicted octanol–water partition coefficient (Wildman–Crippen LogP) is 2.82. The molecule has 0 bridgehead atoms. The van der Waals surface area contributed by atoms with Gasteiger partial charge in [-0.25, -0.2) is 5.43 Å². The maximum atomic E-state index is 10.4. The number of methoxy groups -OCH3 is 1. The fourth-order valence-corrected chi connectivity index (χ4v) is 1.90. The zero-order valence-electron chi connectivity index (χ0n) is 10.3. The van der Waals surface area contributed by atoms with Crippen molar-refractivity contribution in [2.45, 2.75) is 18.7 Å². The molecule has 0 atom stereocenters. The van der Waals surface area contributed by atoms with E-state index in [2.05, 4.69) is 10.5 Å². The molecule has 4 nitrogen and oxygen atoms in total. The van der Waals surface area contributed by atoms with Gasteiger partial charge in [-0.3, -0.25) is 4.79 Å². The second kappa shape index (κ2) is 6.07. The van der Waals surface area contributed by atoms with Crippen LogP contribution < -0.4 is 10.2 Å². The lowest BCUT2D eigenvalue weighted by atomic mass is 9.98. The van der Waals surface area contributed by atoms with Crippen molar-refractivity contribution in [1.82, 2.24) is 5.43 Å². The minimum Gasteiger partial charge on any atom is -0.494 e. The van der Waals surface area contributed by atoms with Gasteiger partial charge in [0.1, 0.15) is 5.75 Å². The Kier molecular flexibility index (Phi) is 4.99. The van der Waals surface area contributed by atoms with E-state index in [1.807, 2.05) is 0 Å². The third-order valence-electron chi connectivity index (χ3n) is 2.22. The van der Waals surface area contributed by atoms with Crippen molar-refractivity contribution in [1.29, 1.82) is 0 Å². The van der Waals surface area contributed by atoms with Gasteiger partial charge < -0.3 is 4.74 Å². The normalized spacial score (nSPS) is 12.2. The topological polar surface area (TPSA) is 50.7 Å². The number of rotatable bonds is 5. The number of para-hydroxylation sites is 1. The van der Waals surface area contributed by atoms with E-state index < -0.39 is 4.87 Å². The highest BCUT2D eigenvalue weighted by Crippen LogP contribution is 2.32. The number of hydrogen-bond acceptors (Lipinski definition) is 3. The first-order valence-corrected chi connectivity index (χ1v) is 5.96. The van der Waals surface area contributed by atoms with Crippen LogP contribution in [0.3, 0.4) is 0 Å². The van der Waals surface area contributed by atoms with Crippen LogP contribution in [0.2, 0.25) is 5.02 Å². The molecule has 0 radical (unpaired) electrons. The summed E-state index contributed by atoms with van der Waals surface area (Å²) in [6.07, 6.45) is 0.472. The van der Waals surface area contributed by atoms with Gasteiger partial charge in [-0.2, -0.15) is 5.10 Å².